The maximum absolute atomic E-state index is 12.9. The Balaban J connectivity index is 1.91. The molecular formula is C11H9F2N3O3. The van der Waals surface area contributed by atoms with Gasteiger partial charge in [0.15, 0.2) is 11.5 Å². The number of benzene rings is 1. The molecule has 0 atom stereocenters. The minimum Gasteiger partial charge on any atom is -0.395 e. The van der Waals surface area contributed by atoms with E-state index in [9.17, 15) is 13.6 Å². The van der Waals surface area contributed by atoms with Crippen LogP contribution in [-0.2, 0) is 13.6 Å². The van der Waals surface area contributed by atoms with E-state index < -0.39 is 12.0 Å². The largest absolute Gasteiger partial charge is 0.586 e. The van der Waals surface area contributed by atoms with Crippen LogP contribution in [-0.4, -0.2) is 20.6 Å². The number of hydrogen-bond acceptors (Lipinski definition) is 4. The standard InChI is InChI=1S/C11H9F2N3O3/c1-15-6-14-10(17)16(15)5-7-2-3-8-9(4-7)19-11(12,13)18-8/h2-4,6H,5H2,1H3. The molecule has 1 aliphatic rings. The van der Waals surface area contributed by atoms with Gasteiger partial charge in [-0.1, -0.05) is 6.07 Å². The highest BCUT2D eigenvalue weighted by atomic mass is 19.3. The van der Waals surface area contributed by atoms with Crippen LogP contribution in [0.2, 0.25) is 0 Å². The summed E-state index contributed by atoms with van der Waals surface area (Å²) in [6, 6.07) is 4.38. The molecule has 0 saturated carbocycles. The molecule has 19 heavy (non-hydrogen) atoms. The van der Waals surface area contributed by atoms with Crippen molar-refractivity contribution in [2.24, 2.45) is 7.05 Å². The third kappa shape index (κ3) is 2.05. The van der Waals surface area contributed by atoms with Gasteiger partial charge < -0.3 is 9.47 Å². The van der Waals surface area contributed by atoms with Crippen molar-refractivity contribution in [1.82, 2.24) is 14.3 Å². The summed E-state index contributed by atoms with van der Waals surface area (Å²) < 4.78 is 37.2. The second-order valence-electron chi connectivity index (χ2n) is 4.11. The molecule has 0 saturated heterocycles. The van der Waals surface area contributed by atoms with E-state index in [1.807, 2.05) is 0 Å². The molecule has 0 bridgehead atoms. The van der Waals surface area contributed by atoms with Crippen LogP contribution in [0.3, 0.4) is 0 Å². The predicted molar refractivity (Wildman–Crippen MR) is 59.2 cm³/mol. The summed E-state index contributed by atoms with van der Waals surface area (Å²) in [7, 11) is 1.66. The van der Waals surface area contributed by atoms with Crippen LogP contribution in [0.5, 0.6) is 11.5 Å². The van der Waals surface area contributed by atoms with E-state index in [0.29, 0.717) is 5.56 Å². The number of aromatic nitrogens is 3. The molecule has 0 fully saturated rings. The first-order valence-corrected chi connectivity index (χ1v) is 5.42. The molecule has 0 unspecified atom stereocenters. The molecule has 6 nitrogen and oxygen atoms in total. The van der Waals surface area contributed by atoms with Gasteiger partial charge in [-0.3, -0.25) is 4.68 Å². The van der Waals surface area contributed by atoms with E-state index in [0.717, 1.165) is 0 Å². The fourth-order valence-electron chi connectivity index (χ4n) is 1.84. The molecule has 1 aromatic heterocycles. The van der Waals surface area contributed by atoms with Crippen molar-refractivity contribution in [2.45, 2.75) is 12.8 Å². The van der Waals surface area contributed by atoms with Gasteiger partial charge in [0.2, 0.25) is 0 Å². The Labute approximate surface area is 105 Å². The lowest BCUT2D eigenvalue weighted by molar-refractivity contribution is -0.286. The molecule has 1 aromatic carbocycles. The van der Waals surface area contributed by atoms with Crippen molar-refractivity contribution in [3.63, 3.8) is 0 Å². The lowest BCUT2D eigenvalue weighted by Gasteiger charge is -2.06. The van der Waals surface area contributed by atoms with E-state index in [4.69, 9.17) is 0 Å². The van der Waals surface area contributed by atoms with Crippen LogP contribution >= 0.6 is 0 Å². The minimum atomic E-state index is -3.63. The molecule has 0 aliphatic carbocycles. The second-order valence-corrected chi connectivity index (χ2v) is 4.11. The average molecular weight is 269 g/mol. The molecule has 3 rings (SSSR count). The number of alkyl halides is 2. The first kappa shape index (κ1) is 11.7. The lowest BCUT2D eigenvalue weighted by atomic mass is 10.2. The summed E-state index contributed by atoms with van der Waals surface area (Å²) in [5.41, 5.74) is 0.219. The summed E-state index contributed by atoms with van der Waals surface area (Å²) in [6.45, 7) is 0.206. The van der Waals surface area contributed by atoms with Gasteiger partial charge in [-0.15, -0.1) is 8.78 Å². The smallest absolute Gasteiger partial charge is 0.395 e. The molecule has 0 spiro atoms. The molecular weight excluding hydrogens is 260 g/mol. The zero-order valence-corrected chi connectivity index (χ0v) is 9.84. The van der Waals surface area contributed by atoms with Crippen LogP contribution in [0, 0.1) is 0 Å². The van der Waals surface area contributed by atoms with Crippen molar-refractivity contribution in [3.05, 3.63) is 40.6 Å². The summed E-state index contributed by atoms with van der Waals surface area (Å²) in [4.78, 5) is 15.0. The maximum Gasteiger partial charge on any atom is 0.586 e. The lowest BCUT2D eigenvalue weighted by Crippen LogP contribution is -2.26. The summed E-state index contributed by atoms with van der Waals surface area (Å²) in [5, 5.41) is 0. The van der Waals surface area contributed by atoms with Gasteiger partial charge in [0, 0.05) is 7.05 Å². The van der Waals surface area contributed by atoms with Crippen molar-refractivity contribution in [2.75, 3.05) is 0 Å². The molecule has 8 heteroatoms. The zero-order chi connectivity index (χ0) is 13.6. The first-order chi connectivity index (χ1) is 8.94. The van der Waals surface area contributed by atoms with Crippen molar-refractivity contribution < 1.29 is 18.3 Å². The van der Waals surface area contributed by atoms with Crippen molar-refractivity contribution >= 4 is 0 Å². The number of hydrogen-bond donors (Lipinski definition) is 0. The van der Waals surface area contributed by atoms with Gasteiger partial charge >= 0.3 is 12.0 Å². The van der Waals surface area contributed by atoms with Crippen LogP contribution < -0.4 is 15.2 Å². The van der Waals surface area contributed by atoms with Crippen molar-refractivity contribution in [1.29, 1.82) is 0 Å². The second kappa shape index (κ2) is 3.81. The third-order valence-electron chi connectivity index (χ3n) is 2.73. The van der Waals surface area contributed by atoms with Gasteiger partial charge in [-0.2, -0.15) is 4.98 Å². The molecule has 2 aromatic rings. The average Bonchev–Trinajstić information content (AvgIpc) is 2.80. The number of ether oxygens (including phenoxy) is 2. The van der Waals surface area contributed by atoms with Crippen LogP contribution in [0.15, 0.2) is 29.3 Å². The van der Waals surface area contributed by atoms with Crippen LogP contribution in [0.1, 0.15) is 5.56 Å². The SMILES string of the molecule is Cn1cnc(=O)n1Cc1ccc2c(c1)OC(F)(F)O2. The Kier molecular flexibility index (Phi) is 2.34. The molecule has 0 radical (unpaired) electrons. The highest BCUT2D eigenvalue weighted by Gasteiger charge is 2.43. The van der Waals surface area contributed by atoms with Gasteiger partial charge in [0.25, 0.3) is 0 Å². The van der Waals surface area contributed by atoms with Gasteiger partial charge in [-0.25, -0.2) is 9.48 Å². The fourth-order valence-corrected chi connectivity index (χ4v) is 1.84. The Hall–Kier alpha value is -2.38. The molecule has 1 aliphatic heterocycles. The fraction of sp³-hybridized carbons (Fsp3) is 0.273. The first-order valence-electron chi connectivity index (χ1n) is 5.42. The number of rotatable bonds is 2. The van der Waals surface area contributed by atoms with Crippen LogP contribution in [0.25, 0.3) is 0 Å². The summed E-state index contributed by atoms with van der Waals surface area (Å²) in [6.07, 6.45) is -2.26. The third-order valence-corrected chi connectivity index (χ3v) is 2.73. The highest BCUT2D eigenvalue weighted by Crippen LogP contribution is 2.41. The van der Waals surface area contributed by atoms with E-state index in [-0.39, 0.29) is 18.0 Å². The van der Waals surface area contributed by atoms with Gasteiger partial charge in [0.1, 0.15) is 6.33 Å². The van der Waals surface area contributed by atoms with Gasteiger partial charge in [0.05, 0.1) is 6.54 Å². The minimum absolute atomic E-state index is 0.0221. The normalized spacial score (nSPS) is 15.7. The zero-order valence-electron chi connectivity index (χ0n) is 9.84. The monoisotopic (exact) mass is 269 g/mol. The number of fused-ring (bicyclic) bond motifs is 1. The van der Waals surface area contributed by atoms with E-state index >= 15 is 0 Å². The topological polar surface area (TPSA) is 58.3 Å². The predicted octanol–water partition coefficient (Wildman–Crippen LogP) is 0.952. The quantitative estimate of drug-likeness (QED) is 0.814. The Morgan fingerprint density at radius 1 is 1.32 bits per heavy atom. The molecule has 2 heterocycles. The molecule has 0 N–H and O–H groups in total. The Morgan fingerprint density at radius 3 is 2.74 bits per heavy atom. The molecule has 100 valence electrons. The van der Waals surface area contributed by atoms with E-state index in [1.165, 1.54) is 27.8 Å². The number of nitrogens with zero attached hydrogens (tertiary/aromatic N) is 3. The van der Waals surface area contributed by atoms with Crippen molar-refractivity contribution in [3.8, 4) is 11.5 Å². The Morgan fingerprint density at radius 2 is 2.05 bits per heavy atom. The Bertz CT molecular complexity index is 693. The number of halogens is 2. The van der Waals surface area contributed by atoms with E-state index in [2.05, 4.69) is 14.5 Å². The molecule has 0 amide bonds. The highest BCUT2D eigenvalue weighted by molar-refractivity contribution is 5.45. The maximum atomic E-state index is 12.9. The van der Waals surface area contributed by atoms with Crippen LogP contribution in [0.4, 0.5) is 8.78 Å². The number of aryl methyl sites for hydroxylation is 1. The summed E-state index contributed by atoms with van der Waals surface area (Å²) >= 11 is 0. The van der Waals surface area contributed by atoms with Gasteiger partial charge in [-0.05, 0) is 17.7 Å². The van der Waals surface area contributed by atoms with E-state index in [1.54, 1.807) is 13.1 Å². The summed E-state index contributed by atoms with van der Waals surface area (Å²) in [5.74, 6) is -0.0659.